The molecule has 0 saturated heterocycles. The lowest BCUT2D eigenvalue weighted by Gasteiger charge is -2.08. The van der Waals surface area contributed by atoms with Gasteiger partial charge in [0.15, 0.2) is 0 Å². The first-order valence-electron chi connectivity index (χ1n) is 11.1. The smallest absolute Gasteiger partial charge is 0.463 e. The summed E-state index contributed by atoms with van der Waals surface area (Å²) in [5, 5.41) is 17.7. The number of carbonyl (C=O) groups is 1. The van der Waals surface area contributed by atoms with E-state index in [1.54, 1.807) is 0 Å². The standard InChI is InChI=1S/C21H40O4.H3O4P/c1-2-3-4-5-6-7-8-9-10-11-12-13-14-15-16-17-21(24)25-19-20(23)18-22;1-5(2,3)4/h9-10,20,22-23H,2-8,11-19H2,1H3;(H3,1,2,3,4)/b10-9-;/t20-;/m1./s1. The molecule has 0 rings (SSSR count). The molecule has 9 heteroatoms. The Bertz CT molecular complexity index is 442. The summed E-state index contributed by atoms with van der Waals surface area (Å²) < 4.78 is 13.7. The first kappa shape index (κ1) is 31.4. The lowest BCUT2D eigenvalue weighted by molar-refractivity contribution is -0.147. The number of hydrogen-bond acceptors (Lipinski definition) is 5. The Morgan fingerprint density at radius 1 is 0.867 bits per heavy atom. The molecule has 0 bridgehead atoms. The Labute approximate surface area is 181 Å². The molecule has 0 aromatic rings. The quantitative estimate of drug-likeness (QED) is 0.0905. The van der Waals surface area contributed by atoms with Crippen molar-refractivity contribution in [2.75, 3.05) is 13.2 Å². The first-order chi connectivity index (χ1) is 14.2. The Morgan fingerprint density at radius 3 is 1.77 bits per heavy atom. The van der Waals surface area contributed by atoms with Crippen molar-refractivity contribution < 1.29 is 39.0 Å². The van der Waals surface area contributed by atoms with Crippen molar-refractivity contribution in [3.8, 4) is 0 Å². The predicted octanol–water partition coefficient (Wildman–Crippen LogP) is 3.99. The first-order valence-corrected chi connectivity index (χ1v) is 12.6. The van der Waals surface area contributed by atoms with E-state index in [0.717, 1.165) is 25.7 Å². The van der Waals surface area contributed by atoms with Crippen LogP contribution >= 0.6 is 7.82 Å². The van der Waals surface area contributed by atoms with Gasteiger partial charge in [-0.1, -0.05) is 70.4 Å². The van der Waals surface area contributed by atoms with E-state index in [0.29, 0.717) is 6.42 Å². The maximum Gasteiger partial charge on any atom is 0.466 e. The summed E-state index contributed by atoms with van der Waals surface area (Å²) >= 11 is 0. The van der Waals surface area contributed by atoms with Crippen molar-refractivity contribution in [2.45, 2.75) is 103 Å². The van der Waals surface area contributed by atoms with Gasteiger partial charge < -0.3 is 29.6 Å². The van der Waals surface area contributed by atoms with Gasteiger partial charge >= 0.3 is 13.8 Å². The second-order valence-corrected chi connectivity index (χ2v) is 8.39. The third-order valence-electron chi connectivity index (χ3n) is 4.29. The summed E-state index contributed by atoms with van der Waals surface area (Å²) in [6.45, 7) is 1.77. The van der Waals surface area contributed by atoms with Gasteiger partial charge in [-0.25, -0.2) is 4.57 Å². The summed E-state index contributed by atoms with van der Waals surface area (Å²) in [6.07, 6.45) is 20.1. The van der Waals surface area contributed by atoms with E-state index in [4.69, 9.17) is 34.2 Å². The molecule has 0 spiro atoms. The maximum atomic E-state index is 11.4. The molecule has 0 aliphatic rings. The highest BCUT2D eigenvalue weighted by atomic mass is 31.2. The molecule has 1 atom stereocenters. The summed E-state index contributed by atoms with van der Waals surface area (Å²) in [4.78, 5) is 32.9. The molecule has 0 unspecified atom stereocenters. The van der Waals surface area contributed by atoms with Crippen molar-refractivity contribution in [3.05, 3.63) is 12.2 Å². The van der Waals surface area contributed by atoms with E-state index < -0.39 is 13.9 Å². The molecule has 5 N–H and O–H groups in total. The third-order valence-corrected chi connectivity index (χ3v) is 4.29. The minimum absolute atomic E-state index is 0.111. The van der Waals surface area contributed by atoms with Crippen molar-refractivity contribution in [1.82, 2.24) is 0 Å². The highest BCUT2D eigenvalue weighted by molar-refractivity contribution is 7.45. The van der Waals surface area contributed by atoms with Gasteiger partial charge in [-0.15, -0.1) is 0 Å². The summed E-state index contributed by atoms with van der Waals surface area (Å²) in [5.74, 6) is -0.287. The van der Waals surface area contributed by atoms with Crippen molar-refractivity contribution >= 4 is 13.8 Å². The van der Waals surface area contributed by atoms with E-state index in [1.165, 1.54) is 57.8 Å². The minimum Gasteiger partial charge on any atom is -0.463 e. The fraction of sp³-hybridized carbons (Fsp3) is 0.857. The SMILES string of the molecule is CCCCCCCC/C=C\CCCCCCCC(=O)OC[C@H](O)CO.O=P(O)(O)O. The molecule has 0 saturated carbocycles. The molecule has 0 aromatic heterocycles. The predicted molar refractivity (Wildman–Crippen MR) is 118 cm³/mol. The fourth-order valence-electron chi connectivity index (χ4n) is 2.65. The molecule has 0 aliphatic heterocycles. The minimum atomic E-state index is -4.64. The van der Waals surface area contributed by atoms with E-state index in [1.807, 2.05) is 0 Å². The van der Waals surface area contributed by atoms with Gasteiger partial charge in [0.05, 0.1) is 6.61 Å². The van der Waals surface area contributed by atoms with Crippen LogP contribution in [0.4, 0.5) is 0 Å². The van der Waals surface area contributed by atoms with Gasteiger partial charge in [0.1, 0.15) is 12.7 Å². The zero-order valence-electron chi connectivity index (χ0n) is 18.5. The van der Waals surface area contributed by atoms with Crippen LogP contribution in [0.15, 0.2) is 12.2 Å². The number of carbonyl (C=O) groups excluding carboxylic acids is 1. The van der Waals surface area contributed by atoms with Crippen LogP contribution in [0.1, 0.15) is 96.8 Å². The van der Waals surface area contributed by atoms with Gasteiger partial charge in [0, 0.05) is 6.42 Å². The highest BCUT2D eigenvalue weighted by Gasteiger charge is 2.07. The summed E-state index contributed by atoms with van der Waals surface area (Å²) in [6, 6.07) is 0. The Kier molecular flexibility index (Phi) is 24.0. The number of allylic oxidation sites excluding steroid dienone is 2. The number of aliphatic hydroxyl groups excluding tert-OH is 2. The topological polar surface area (TPSA) is 145 Å². The van der Waals surface area contributed by atoms with Gasteiger partial charge in [-0.3, -0.25) is 4.79 Å². The molecule has 180 valence electrons. The molecule has 30 heavy (non-hydrogen) atoms. The van der Waals surface area contributed by atoms with E-state index in [-0.39, 0.29) is 19.2 Å². The van der Waals surface area contributed by atoms with Crippen molar-refractivity contribution in [3.63, 3.8) is 0 Å². The van der Waals surface area contributed by atoms with Gasteiger partial charge in [0.25, 0.3) is 0 Å². The normalized spacial score (nSPS) is 12.5. The highest BCUT2D eigenvalue weighted by Crippen LogP contribution is 2.25. The lowest BCUT2D eigenvalue weighted by atomic mass is 10.1. The van der Waals surface area contributed by atoms with Crippen LogP contribution in [0.3, 0.4) is 0 Å². The molecule has 8 nitrogen and oxygen atoms in total. The van der Waals surface area contributed by atoms with E-state index >= 15 is 0 Å². The van der Waals surface area contributed by atoms with Gasteiger partial charge in [0.2, 0.25) is 0 Å². The second-order valence-electron chi connectivity index (χ2n) is 7.37. The molecular weight excluding hydrogens is 411 g/mol. The second kappa shape index (κ2) is 22.9. The number of rotatable bonds is 18. The van der Waals surface area contributed by atoms with Crippen LogP contribution in [-0.4, -0.2) is 50.2 Å². The molecular formula is C21H43O8P. The van der Waals surface area contributed by atoms with Crippen LogP contribution in [0, 0.1) is 0 Å². The average molecular weight is 455 g/mol. The average Bonchev–Trinajstić information content (AvgIpc) is 2.67. The zero-order valence-corrected chi connectivity index (χ0v) is 19.3. The Morgan fingerprint density at radius 2 is 1.30 bits per heavy atom. The number of esters is 1. The van der Waals surface area contributed by atoms with Crippen molar-refractivity contribution in [2.24, 2.45) is 0 Å². The Hall–Kier alpha value is -0.760. The van der Waals surface area contributed by atoms with E-state index in [9.17, 15) is 4.79 Å². The Balaban J connectivity index is 0. The number of phosphoric acid groups is 1. The van der Waals surface area contributed by atoms with Crippen LogP contribution in [0.2, 0.25) is 0 Å². The molecule has 0 fully saturated rings. The monoisotopic (exact) mass is 454 g/mol. The number of unbranched alkanes of at least 4 members (excludes halogenated alkanes) is 11. The van der Waals surface area contributed by atoms with Crippen LogP contribution < -0.4 is 0 Å². The maximum absolute atomic E-state index is 11.4. The van der Waals surface area contributed by atoms with Gasteiger partial charge in [-0.05, 0) is 32.1 Å². The molecule has 0 heterocycles. The molecule has 0 amide bonds. The lowest BCUT2D eigenvalue weighted by Crippen LogP contribution is -2.21. The third kappa shape index (κ3) is 34.7. The largest absolute Gasteiger partial charge is 0.466 e. The summed E-state index contributed by atoms with van der Waals surface area (Å²) in [7, 11) is -4.64. The summed E-state index contributed by atoms with van der Waals surface area (Å²) in [5.41, 5.74) is 0. The van der Waals surface area contributed by atoms with Gasteiger partial charge in [-0.2, -0.15) is 0 Å². The number of hydrogen-bond donors (Lipinski definition) is 5. The molecule has 0 aliphatic carbocycles. The number of ether oxygens (including phenoxy) is 1. The van der Waals surface area contributed by atoms with E-state index in [2.05, 4.69) is 19.1 Å². The van der Waals surface area contributed by atoms with Crippen LogP contribution in [0.5, 0.6) is 0 Å². The van der Waals surface area contributed by atoms with Crippen LogP contribution in [0.25, 0.3) is 0 Å². The number of aliphatic hydroxyl groups is 2. The zero-order chi connectivity index (χ0) is 23.1. The molecule has 0 aromatic carbocycles. The van der Waals surface area contributed by atoms with Crippen LogP contribution in [-0.2, 0) is 14.1 Å². The van der Waals surface area contributed by atoms with Crippen molar-refractivity contribution in [1.29, 1.82) is 0 Å². The fourth-order valence-corrected chi connectivity index (χ4v) is 2.65. The molecule has 0 radical (unpaired) electrons.